The number of halogens is 1. The van der Waals surface area contributed by atoms with Crippen molar-refractivity contribution in [2.24, 2.45) is 0 Å². The predicted molar refractivity (Wildman–Crippen MR) is 64.6 cm³/mol. The van der Waals surface area contributed by atoms with Crippen LogP contribution in [0.1, 0.15) is 6.42 Å². The second-order valence-electron chi connectivity index (χ2n) is 4.10. The van der Waals surface area contributed by atoms with Gasteiger partial charge in [-0.2, -0.15) is 11.8 Å². The Balaban J connectivity index is 1.70. The summed E-state index contributed by atoms with van der Waals surface area (Å²) in [5, 5.41) is 0.0365. The number of alkyl halides is 1. The zero-order valence-corrected chi connectivity index (χ0v) is 10.4. The fourth-order valence-electron chi connectivity index (χ4n) is 2.03. The average Bonchev–Trinajstić information content (AvgIpc) is 2.56. The molecule has 1 amide bonds. The molecule has 2 aliphatic rings. The second kappa shape index (κ2) is 5.41. The zero-order valence-electron chi connectivity index (χ0n) is 8.82. The van der Waals surface area contributed by atoms with Crippen LogP contribution < -0.4 is 0 Å². The Kier molecular flexibility index (Phi) is 4.17. The lowest BCUT2D eigenvalue weighted by Gasteiger charge is -2.28. The van der Waals surface area contributed by atoms with Crippen molar-refractivity contribution < 1.29 is 4.79 Å². The first-order valence-electron chi connectivity index (χ1n) is 5.47. The van der Waals surface area contributed by atoms with Gasteiger partial charge in [0.25, 0.3) is 0 Å². The van der Waals surface area contributed by atoms with Crippen molar-refractivity contribution in [2.75, 3.05) is 44.2 Å². The van der Waals surface area contributed by atoms with Crippen LogP contribution in [0.25, 0.3) is 0 Å². The van der Waals surface area contributed by atoms with Gasteiger partial charge in [0.15, 0.2) is 0 Å². The van der Waals surface area contributed by atoms with Gasteiger partial charge in [0.2, 0.25) is 5.91 Å². The summed E-state index contributed by atoms with van der Waals surface area (Å²) in [4.78, 5) is 15.8. The number of nitrogens with zero attached hydrogens (tertiary/aromatic N) is 2. The first-order valence-corrected chi connectivity index (χ1v) is 7.07. The van der Waals surface area contributed by atoms with Crippen LogP contribution in [0, 0.1) is 0 Å². The molecular weight excluding hydrogens is 232 g/mol. The third-order valence-corrected chi connectivity index (χ3v) is 4.19. The van der Waals surface area contributed by atoms with Crippen molar-refractivity contribution in [3.63, 3.8) is 0 Å². The number of rotatable bonds is 3. The van der Waals surface area contributed by atoms with Gasteiger partial charge >= 0.3 is 0 Å². The van der Waals surface area contributed by atoms with Crippen molar-refractivity contribution in [3.8, 4) is 0 Å². The quantitative estimate of drug-likeness (QED) is 0.693. The van der Waals surface area contributed by atoms with E-state index in [-0.39, 0.29) is 11.3 Å². The van der Waals surface area contributed by atoms with Gasteiger partial charge in [-0.05, 0) is 0 Å². The van der Waals surface area contributed by atoms with Crippen LogP contribution in [-0.4, -0.2) is 65.3 Å². The molecule has 0 bridgehead atoms. The maximum Gasteiger partial charge on any atom is 0.224 e. The van der Waals surface area contributed by atoms with E-state index in [1.54, 1.807) is 0 Å². The number of amides is 1. The van der Waals surface area contributed by atoms with Crippen LogP contribution in [-0.2, 0) is 4.79 Å². The normalized spacial score (nSPS) is 28.7. The molecule has 1 atom stereocenters. The highest BCUT2D eigenvalue weighted by atomic mass is 35.5. The minimum Gasteiger partial charge on any atom is -0.340 e. The van der Waals surface area contributed by atoms with Gasteiger partial charge in [-0.3, -0.25) is 9.69 Å². The highest BCUT2D eigenvalue weighted by molar-refractivity contribution is 7.99. The van der Waals surface area contributed by atoms with Gasteiger partial charge in [-0.1, -0.05) is 0 Å². The monoisotopic (exact) mass is 248 g/mol. The maximum atomic E-state index is 11.5. The lowest BCUT2D eigenvalue weighted by molar-refractivity contribution is -0.127. The molecular formula is C10H17ClN2OS. The molecule has 2 saturated heterocycles. The molecule has 86 valence electrons. The number of hydrogen-bond acceptors (Lipinski definition) is 3. The van der Waals surface area contributed by atoms with Gasteiger partial charge in [-0.25, -0.2) is 0 Å². The van der Waals surface area contributed by atoms with E-state index in [4.69, 9.17) is 11.6 Å². The van der Waals surface area contributed by atoms with Crippen LogP contribution in [0.2, 0.25) is 0 Å². The number of hydrogen-bond donors (Lipinski definition) is 0. The molecule has 2 aliphatic heterocycles. The van der Waals surface area contributed by atoms with Crippen molar-refractivity contribution in [3.05, 3.63) is 0 Å². The van der Waals surface area contributed by atoms with E-state index >= 15 is 0 Å². The first kappa shape index (κ1) is 11.6. The van der Waals surface area contributed by atoms with E-state index in [0.29, 0.717) is 6.42 Å². The van der Waals surface area contributed by atoms with Crippen molar-refractivity contribution in [1.82, 2.24) is 9.80 Å². The van der Waals surface area contributed by atoms with Crippen molar-refractivity contribution in [1.29, 1.82) is 0 Å². The molecule has 2 rings (SSSR count). The zero-order chi connectivity index (χ0) is 10.7. The van der Waals surface area contributed by atoms with Gasteiger partial charge in [-0.15, -0.1) is 11.6 Å². The van der Waals surface area contributed by atoms with Gasteiger partial charge in [0.1, 0.15) is 0 Å². The maximum absolute atomic E-state index is 11.5. The fourth-order valence-corrected chi connectivity index (χ4v) is 3.30. The second-order valence-corrected chi connectivity index (χ2v) is 5.94. The highest BCUT2D eigenvalue weighted by Crippen LogP contribution is 2.16. The fraction of sp³-hybridized carbons (Fsp3) is 0.900. The largest absolute Gasteiger partial charge is 0.340 e. The Morgan fingerprint density at radius 3 is 2.67 bits per heavy atom. The Morgan fingerprint density at radius 1 is 1.33 bits per heavy atom. The van der Waals surface area contributed by atoms with Crippen LogP contribution in [0.3, 0.4) is 0 Å². The van der Waals surface area contributed by atoms with E-state index in [0.717, 1.165) is 32.7 Å². The van der Waals surface area contributed by atoms with E-state index in [9.17, 15) is 4.79 Å². The molecule has 15 heavy (non-hydrogen) atoms. The minimum absolute atomic E-state index is 0.0365. The third kappa shape index (κ3) is 3.26. The van der Waals surface area contributed by atoms with Crippen molar-refractivity contribution >= 4 is 29.3 Å². The van der Waals surface area contributed by atoms with Crippen LogP contribution in [0.4, 0.5) is 0 Å². The Labute approximate surface area is 100 Å². The molecule has 0 aromatic carbocycles. The molecule has 2 heterocycles. The molecule has 0 saturated carbocycles. The molecule has 0 aromatic heterocycles. The molecule has 0 spiro atoms. The summed E-state index contributed by atoms with van der Waals surface area (Å²) in [6.07, 6.45) is 0.525. The molecule has 0 aromatic rings. The predicted octanol–water partition coefficient (Wildman–Crippen LogP) is 0.875. The summed E-state index contributed by atoms with van der Waals surface area (Å²) in [7, 11) is 0. The lowest BCUT2D eigenvalue weighted by Crippen LogP contribution is -2.39. The third-order valence-electron chi connectivity index (χ3n) is 2.96. The molecule has 2 fully saturated rings. The summed E-state index contributed by atoms with van der Waals surface area (Å²) in [5.41, 5.74) is 0. The minimum atomic E-state index is 0.0365. The SMILES string of the molecule is O=C1CC(Cl)CN1CCN1CCSCC1. The summed E-state index contributed by atoms with van der Waals surface area (Å²) in [6.45, 7) is 4.93. The number of likely N-dealkylation sites (tertiary alicyclic amines) is 1. The smallest absolute Gasteiger partial charge is 0.224 e. The van der Waals surface area contributed by atoms with Crippen LogP contribution >= 0.6 is 23.4 Å². The van der Waals surface area contributed by atoms with Crippen molar-refractivity contribution in [2.45, 2.75) is 11.8 Å². The Bertz CT molecular complexity index is 233. The lowest BCUT2D eigenvalue weighted by atomic mass is 10.4. The number of carbonyl (C=O) groups is 1. The summed E-state index contributed by atoms with van der Waals surface area (Å²) in [5.74, 6) is 2.68. The molecule has 5 heteroatoms. The summed E-state index contributed by atoms with van der Waals surface area (Å²) >= 11 is 7.96. The van der Waals surface area contributed by atoms with E-state index in [1.165, 1.54) is 11.5 Å². The summed E-state index contributed by atoms with van der Waals surface area (Å²) < 4.78 is 0. The molecule has 1 unspecified atom stereocenters. The number of carbonyl (C=O) groups excluding carboxylic acids is 1. The molecule has 0 aliphatic carbocycles. The average molecular weight is 249 g/mol. The first-order chi connectivity index (χ1) is 7.25. The molecule has 3 nitrogen and oxygen atoms in total. The summed E-state index contributed by atoms with van der Waals surface area (Å²) in [6, 6.07) is 0. The van der Waals surface area contributed by atoms with Gasteiger partial charge in [0, 0.05) is 50.7 Å². The molecule has 0 N–H and O–H groups in total. The Morgan fingerprint density at radius 2 is 2.07 bits per heavy atom. The molecule has 0 radical (unpaired) electrons. The van der Waals surface area contributed by atoms with E-state index in [2.05, 4.69) is 4.90 Å². The highest BCUT2D eigenvalue weighted by Gasteiger charge is 2.27. The standard InChI is InChI=1S/C10H17ClN2OS/c11-9-7-10(14)13(8-9)2-1-12-3-5-15-6-4-12/h9H,1-8H2. The number of thioether (sulfide) groups is 1. The Hall–Kier alpha value is 0.0700. The van der Waals surface area contributed by atoms with Gasteiger partial charge in [0.05, 0.1) is 5.38 Å². The van der Waals surface area contributed by atoms with Crippen LogP contribution in [0.5, 0.6) is 0 Å². The van der Waals surface area contributed by atoms with E-state index < -0.39 is 0 Å². The van der Waals surface area contributed by atoms with Crippen LogP contribution in [0.15, 0.2) is 0 Å². The van der Waals surface area contributed by atoms with E-state index in [1.807, 2.05) is 16.7 Å². The topological polar surface area (TPSA) is 23.6 Å². The van der Waals surface area contributed by atoms with Gasteiger partial charge < -0.3 is 4.90 Å².